The second-order valence-electron chi connectivity index (χ2n) is 4.43. The highest BCUT2D eigenvalue weighted by molar-refractivity contribution is 6.40. The Bertz CT molecular complexity index is 755. The van der Waals surface area contributed by atoms with Gasteiger partial charge in [-0.15, -0.1) is 0 Å². The van der Waals surface area contributed by atoms with Crippen LogP contribution in [0.25, 0.3) is 0 Å². The molecule has 0 bridgehead atoms. The molecule has 2 aromatic carbocycles. The standard InChI is InChI=1S/C14H7Cl3F3NO2/c15-7-1-2-11(22)8(5-7)13(23)21-12-9(16)3-6(4-10(12)17)14(18,19)20/h1-5,22H,(H,21,23). The minimum Gasteiger partial charge on any atom is -0.507 e. The lowest BCUT2D eigenvalue weighted by molar-refractivity contribution is -0.137. The molecule has 0 heterocycles. The van der Waals surface area contributed by atoms with E-state index in [2.05, 4.69) is 5.32 Å². The van der Waals surface area contributed by atoms with E-state index in [1.54, 1.807) is 0 Å². The predicted molar refractivity (Wildman–Crippen MR) is 82.5 cm³/mol. The third-order valence-corrected chi connectivity index (χ3v) is 3.64. The van der Waals surface area contributed by atoms with Crippen molar-refractivity contribution < 1.29 is 23.1 Å². The van der Waals surface area contributed by atoms with Gasteiger partial charge in [0, 0.05) is 5.02 Å². The summed E-state index contributed by atoms with van der Waals surface area (Å²) in [6.07, 6.45) is -4.62. The summed E-state index contributed by atoms with van der Waals surface area (Å²) < 4.78 is 38.0. The summed E-state index contributed by atoms with van der Waals surface area (Å²) in [7, 11) is 0. The molecule has 23 heavy (non-hydrogen) atoms. The number of hydrogen-bond acceptors (Lipinski definition) is 2. The number of halogens is 6. The maximum absolute atomic E-state index is 12.7. The van der Waals surface area contributed by atoms with Crippen LogP contribution in [0.5, 0.6) is 5.75 Å². The van der Waals surface area contributed by atoms with Crippen LogP contribution in [0.15, 0.2) is 30.3 Å². The van der Waals surface area contributed by atoms with Gasteiger partial charge in [0.05, 0.1) is 26.9 Å². The number of phenolic OH excluding ortho intramolecular Hbond substituents is 1. The summed E-state index contributed by atoms with van der Waals surface area (Å²) in [5.74, 6) is -1.18. The Labute approximate surface area is 143 Å². The number of amides is 1. The Morgan fingerprint density at radius 3 is 2.13 bits per heavy atom. The van der Waals surface area contributed by atoms with Crippen LogP contribution in [0.4, 0.5) is 18.9 Å². The number of carbonyl (C=O) groups is 1. The molecule has 122 valence electrons. The van der Waals surface area contributed by atoms with E-state index < -0.39 is 17.6 Å². The zero-order valence-corrected chi connectivity index (χ0v) is 13.3. The maximum atomic E-state index is 12.7. The number of rotatable bonds is 2. The first-order chi connectivity index (χ1) is 10.6. The number of alkyl halides is 3. The van der Waals surface area contributed by atoms with Crippen molar-refractivity contribution in [2.24, 2.45) is 0 Å². The molecule has 0 saturated carbocycles. The summed E-state index contributed by atoms with van der Waals surface area (Å²) in [5.41, 5.74) is -1.42. The number of aromatic hydroxyl groups is 1. The van der Waals surface area contributed by atoms with Crippen molar-refractivity contribution in [3.63, 3.8) is 0 Å². The van der Waals surface area contributed by atoms with Crippen LogP contribution in [-0.2, 0) is 6.18 Å². The molecule has 0 unspecified atom stereocenters. The third kappa shape index (κ3) is 4.02. The monoisotopic (exact) mass is 383 g/mol. The third-order valence-electron chi connectivity index (χ3n) is 2.81. The van der Waals surface area contributed by atoms with E-state index in [0.29, 0.717) is 12.1 Å². The lowest BCUT2D eigenvalue weighted by Gasteiger charge is -2.13. The van der Waals surface area contributed by atoms with Gasteiger partial charge in [0.15, 0.2) is 0 Å². The average Bonchev–Trinajstić information content (AvgIpc) is 2.44. The molecule has 0 aromatic heterocycles. The second kappa shape index (κ2) is 6.47. The van der Waals surface area contributed by atoms with Crippen molar-refractivity contribution in [1.82, 2.24) is 0 Å². The second-order valence-corrected chi connectivity index (χ2v) is 5.68. The molecule has 9 heteroatoms. The van der Waals surface area contributed by atoms with E-state index >= 15 is 0 Å². The van der Waals surface area contributed by atoms with E-state index in [9.17, 15) is 23.1 Å². The fourth-order valence-electron chi connectivity index (χ4n) is 1.73. The van der Waals surface area contributed by atoms with Gasteiger partial charge in [-0.05, 0) is 30.3 Å². The van der Waals surface area contributed by atoms with Crippen LogP contribution in [0, 0.1) is 0 Å². The predicted octanol–water partition coefficient (Wildman–Crippen LogP) is 5.62. The Kier molecular flexibility index (Phi) is 4.98. The van der Waals surface area contributed by atoms with Gasteiger partial charge in [-0.2, -0.15) is 13.2 Å². The molecule has 0 atom stereocenters. The van der Waals surface area contributed by atoms with Gasteiger partial charge in [-0.1, -0.05) is 34.8 Å². The molecule has 0 aliphatic carbocycles. The van der Waals surface area contributed by atoms with Crippen LogP contribution in [0.2, 0.25) is 15.1 Å². The zero-order chi connectivity index (χ0) is 17.4. The van der Waals surface area contributed by atoms with Crippen LogP contribution in [0.1, 0.15) is 15.9 Å². The molecular formula is C14H7Cl3F3NO2. The van der Waals surface area contributed by atoms with Gasteiger partial charge < -0.3 is 10.4 Å². The molecule has 1 amide bonds. The fourth-order valence-corrected chi connectivity index (χ4v) is 2.48. The van der Waals surface area contributed by atoms with Crippen LogP contribution in [0.3, 0.4) is 0 Å². The van der Waals surface area contributed by atoms with Crippen molar-refractivity contribution in [2.75, 3.05) is 5.32 Å². The van der Waals surface area contributed by atoms with Crippen molar-refractivity contribution in [3.05, 3.63) is 56.5 Å². The molecule has 0 fully saturated rings. The Hall–Kier alpha value is -1.63. The molecule has 0 aliphatic rings. The minimum atomic E-state index is -4.62. The molecule has 3 nitrogen and oxygen atoms in total. The van der Waals surface area contributed by atoms with E-state index in [1.807, 2.05) is 0 Å². The number of hydrogen-bond donors (Lipinski definition) is 2. The first-order valence-electron chi connectivity index (χ1n) is 5.95. The number of anilines is 1. The van der Waals surface area contributed by atoms with E-state index in [4.69, 9.17) is 34.8 Å². The van der Waals surface area contributed by atoms with Gasteiger partial charge in [-0.3, -0.25) is 4.79 Å². The number of benzene rings is 2. The lowest BCUT2D eigenvalue weighted by Crippen LogP contribution is -2.14. The minimum absolute atomic E-state index is 0.176. The lowest BCUT2D eigenvalue weighted by atomic mass is 10.1. The SMILES string of the molecule is O=C(Nc1c(Cl)cc(C(F)(F)F)cc1Cl)c1cc(Cl)ccc1O. The summed E-state index contributed by atoms with van der Waals surface area (Å²) in [6, 6.07) is 5.04. The smallest absolute Gasteiger partial charge is 0.416 e. The fraction of sp³-hybridized carbons (Fsp3) is 0.0714. The zero-order valence-electron chi connectivity index (χ0n) is 11.0. The van der Waals surface area contributed by atoms with Crippen molar-refractivity contribution in [2.45, 2.75) is 6.18 Å². The van der Waals surface area contributed by atoms with Gasteiger partial charge in [-0.25, -0.2) is 0 Å². The van der Waals surface area contributed by atoms with E-state index in [0.717, 1.165) is 0 Å². The quantitative estimate of drug-likeness (QED) is 0.705. The molecule has 0 radical (unpaired) electrons. The largest absolute Gasteiger partial charge is 0.507 e. The van der Waals surface area contributed by atoms with Crippen LogP contribution >= 0.6 is 34.8 Å². The van der Waals surface area contributed by atoms with Crippen molar-refractivity contribution in [1.29, 1.82) is 0 Å². The number of nitrogens with one attached hydrogen (secondary N) is 1. The average molecular weight is 385 g/mol. The molecule has 0 spiro atoms. The molecule has 2 rings (SSSR count). The molecule has 0 saturated heterocycles. The van der Waals surface area contributed by atoms with Gasteiger partial charge in [0.1, 0.15) is 5.75 Å². The van der Waals surface area contributed by atoms with Crippen molar-refractivity contribution >= 4 is 46.4 Å². The molecule has 2 N–H and O–H groups in total. The highest BCUT2D eigenvalue weighted by atomic mass is 35.5. The summed E-state index contributed by atoms with van der Waals surface area (Å²) >= 11 is 17.2. The van der Waals surface area contributed by atoms with Gasteiger partial charge in [0.2, 0.25) is 0 Å². The van der Waals surface area contributed by atoms with Gasteiger partial charge >= 0.3 is 6.18 Å². The van der Waals surface area contributed by atoms with Crippen LogP contribution in [-0.4, -0.2) is 11.0 Å². The summed E-state index contributed by atoms with van der Waals surface area (Å²) in [4.78, 5) is 12.1. The maximum Gasteiger partial charge on any atom is 0.416 e. The molecule has 0 aliphatic heterocycles. The Morgan fingerprint density at radius 1 is 1.04 bits per heavy atom. The molecular weight excluding hydrogens is 378 g/mol. The Balaban J connectivity index is 2.37. The topological polar surface area (TPSA) is 49.3 Å². The Morgan fingerprint density at radius 2 is 1.61 bits per heavy atom. The highest BCUT2D eigenvalue weighted by Crippen LogP contribution is 2.38. The molecule has 2 aromatic rings. The first-order valence-corrected chi connectivity index (χ1v) is 7.09. The van der Waals surface area contributed by atoms with Crippen molar-refractivity contribution in [3.8, 4) is 5.75 Å². The van der Waals surface area contributed by atoms with E-state index in [-0.39, 0.29) is 32.1 Å². The van der Waals surface area contributed by atoms with Gasteiger partial charge in [0.25, 0.3) is 5.91 Å². The summed E-state index contributed by atoms with van der Waals surface area (Å²) in [6.45, 7) is 0. The normalized spacial score (nSPS) is 11.4. The summed E-state index contributed by atoms with van der Waals surface area (Å²) in [5, 5.41) is 11.3. The number of phenols is 1. The number of carbonyl (C=O) groups excluding carboxylic acids is 1. The highest BCUT2D eigenvalue weighted by Gasteiger charge is 2.32. The van der Waals surface area contributed by atoms with Crippen LogP contribution < -0.4 is 5.32 Å². The van der Waals surface area contributed by atoms with E-state index in [1.165, 1.54) is 18.2 Å². The first kappa shape index (κ1) is 17.7.